The number of hydrogen-bond acceptors (Lipinski definition) is 6. The number of halogens is 2. The molecule has 0 fully saturated rings. The van der Waals surface area contributed by atoms with Crippen molar-refractivity contribution >= 4 is 11.3 Å². The number of hydrogen-bond donors (Lipinski definition) is 1. The third kappa shape index (κ3) is 2.81. The van der Waals surface area contributed by atoms with Crippen LogP contribution >= 0.6 is 11.3 Å². The highest BCUT2D eigenvalue weighted by Gasteiger charge is 2.16. The van der Waals surface area contributed by atoms with Crippen molar-refractivity contribution in [2.45, 2.75) is 13.0 Å². The molecule has 0 amide bonds. The number of rotatable bonds is 3. The predicted octanol–water partition coefficient (Wildman–Crippen LogP) is 3.16. The van der Waals surface area contributed by atoms with Gasteiger partial charge in [0.15, 0.2) is 0 Å². The zero-order valence-electron chi connectivity index (χ0n) is 10.9. The lowest BCUT2D eigenvalue weighted by Crippen LogP contribution is -2.03. The van der Waals surface area contributed by atoms with Gasteiger partial charge in [0, 0.05) is 17.0 Å². The van der Waals surface area contributed by atoms with Gasteiger partial charge in [0.2, 0.25) is 5.82 Å². The maximum absolute atomic E-state index is 13.2. The SMILES string of the molecule is CC(N)c1nc(-c2nc(-c3cc(F)cc(F)c3)no2)cs1. The molecule has 5 nitrogen and oxygen atoms in total. The third-order valence-electron chi connectivity index (χ3n) is 2.68. The smallest absolute Gasteiger partial charge is 0.277 e. The van der Waals surface area contributed by atoms with E-state index in [0.717, 1.165) is 23.2 Å². The van der Waals surface area contributed by atoms with Gasteiger partial charge in [-0.05, 0) is 19.1 Å². The summed E-state index contributed by atoms with van der Waals surface area (Å²) in [4.78, 5) is 8.37. The van der Waals surface area contributed by atoms with E-state index in [1.807, 2.05) is 6.92 Å². The molecule has 3 rings (SSSR count). The second-order valence-corrected chi connectivity index (χ2v) is 5.33. The van der Waals surface area contributed by atoms with Gasteiger partial charge in [0.1, 0.15) is 22.3 Å². The monoisotopic (exact) mass is 308 g/mol. The largest absolute Gasteiger partial charge is 0.332 e. The van der Waals surface area contributed by atoms with Crippen molar-refractivity contribution in [1.82, 2.24) is 15.1 Å². The first-order valence-corrected chi connectivity index (χ1v) is 6.92. The summed E-state index contributed by atoms with van der Waals surface area (Å²) in [5.41, 5.74) is 6.42. The van der Waals surface area contributed by atoms with E-state index in [9.17, 15) is 8.78 Å². The van der Waals surface area contributed by atoms with Crippen LogP contribution < -0.4 is 5.73 Å². The van der Waals surface area contributed by atoms with Crippen molar-refractivity contribution in [2.75, 3.05) is 0 Å². The van der Waals surface area contributed by atoms with Gasteiger partial charge in [-0.3, -0.25) is 0 Å². The lowest BCUT2D eigenvalue weighted by Gasteiger charge is -1.96. The molecule has 0 aliphatic heterocycles. The summed E-state index contributed by atoms with van der Waals surface area (Å²) in [6.45, 7) is 1.82. The summed E-state index contributed by atoms with van der Waals surface area (Å²) in [6, 6.07) is 2.85. The molecule has 8 heteroatoms. The Morgan fingerprint density at radius 3 is 2.52 bits per heavy atom. The van der Waals surface area contributed by atoms with Crippen LogP contribution in [0.15, 0.2) is 28.1 Å². The number of nitrogens with two attached hydrogens (primary N) is 1. The first-order valence-electron chi connectivity index (χ1n) is 6.04. The summed E-state index contributed by atoms with van der Waals surface area (Å²) < 4.78 is 31.4. The number of aromatic nitrogens is 3. The molecule has 2 aromatic heterocycles. The Balaban J connectivity index is 1.95. The van der Waals surface area contributed by atoms with E-state index in [1.165, 1.54) is 11.3 Å². The van der Waals surface area contributed by atoms with Gasteiger partial charge in [-0.25, -0.2) is 13.8 Å². The minimum atomic E-state index is -0.704. The topological polar surface area (TPSA) is 77.8 Å². The summed E-state index contributed by atoms with van der Waals surface area (Å²) in [5, 5.41) is 6.19. The molecule has 0 saturated heterocycles. The molecule has 108 valence electrons. The highest BCUT2D eigenvalue weighted by Crippen LogP contribution is 2.26. The molecule has 1 unspecified atom stereocenters. The minimum Gasteiger partial charge on any atom is -0.332 e. The molecule has 1 atom stereocenters. The molecule has 0 aliphatic carbocycles. The highest BCUT2D eigenvalue weighted by atomic mass is 32.1. The van der Waals surface area contributed by atoms with Crippen molar-refractivity contribution in [2.24, 2.45) is 5.73 Å². The second-order valence-electron chi connectivity index (χ2n) is 4.44. The van der Waals surface area contributed by atoms with Crippen LogP contribution in [0.2, 0.25) is 0 Å². The summed E-state index contributed by atoms with van der Waals surface area (Å²) in [6.07, 6.45) is 0. The third-order valence-corrected chi connectivity index (χ3v) is 3.72. The molecular weight excluding hydrogens is 298 g/mol. The summed E-state index contributed by atoms with van der Waals surface area (Å²) in [5.74, 6) is -1.13. The zero-order valence-corrected chi connectivity index (χ0v) is 11.7. The molecule has 0 spiro atoms. The van der Waals surface area contributed by atoms with Crippen LogP contribution in [0.3, 0.4) is 0 Å². The minimum absolute atomic E-state index is 0.0961. The summed E-state index contributed by atoms with van der Waals surface area (Å²) in [7, 11) is 0. The average Bonchev–Trinajstić information content (AvgIpc) is 3.07. The van der Waals surface area contributed by atoms with Crippen molar-refractivity contribution in [3.8, 4) is 23.0 Å². The lowest BCUT2D eigenvalue weighted by atomic mass is 10.2. The van der Waals surface area contributed by atoms with Crippen LogP contribution in [0.25, 0.3) is 23.0 Å². The Bertz CT molecular complexity index is 764. The molecule has 1 aromatic carbocycles. The van der Waals surface area contributed by atoms with Crippen LogP contribution in [0.1, 0.15) is 18.0 Å². The fourth-order valence-corrected chi connectivity index (χ4v) is 2.47. The van der Waals surface area contributed by atoms with Gasteiger partial charge in [-0.15, -0.1) is 11.3 Å². The highest BCUT2D eigenvalue weighted by molar-refractivity contribution is 7.10. The van der Waals surface area contributed by atoms with E-state index in [2.05, 4.69) is 15.1 Å². The van der Waals surface area contributed by atoms with Crippen LogP contribution in [-0.2, 0) is 0 Å². The van der Waals surface area contributed by atoms with Gasteiger partial charge >= 0.3 is 0 Å². The maximum atomic E-state index is 13.2. The Morgan fingerprint density at radius 2 is 1.90 bits per heavy atom. The molecule has 3 aromatic rings. The zero-order chi connectivity index (χ0) is 15.0. The molecule has 0 bridgehead atoms. The van der Waals surface area contributed by atoms with Crippen LogP contribution in [-0.4, -0.2) is 15.1 Å². The van der Waals surface area contributed by atoms with Crippen molar-refractivity contribution in [3.05, 3.63) is 40.2 Å². The van der Waals surface area contributed by atoms with E-state index in [4.69, 9.17) is 10.3 Å². The van der Waals surface area contributed by atoms with Gasteiger partial charge in [0.25, 0.3) is 5.89 Å². The quantitative estimate of drug-likeness (QED) is 0.804. The van der Waals surface area contributed by atoms with E-state index in [0.29, 0.717) is 5.69 Å². The Morgan fingerprint density at radius 1 is 1.19 bits per heavy atom. The fourth-order valence-electron chi connectivity index (χ4n) is 1.72. The standard InChI is InChI=1S/C13H10F2N4OS/c1-6(16)13-17-10(5-21-13)12-18-11(19-20-12)7-2-8(14)4-9(15)3-7/h2-6H,16H2,1H3. The fraction of sp³-hybridized carbons (Fsp3) is 0.154. The van der Waals surface area contributed by atoms with Crippen molar-refractivity contribution in [1.29, 1.82) is 0 Å². The van der Waals surface area contributed by atoms with Crippen molar-refractivity contribution < 1.29 is 13.3 Å². The number of benzene rings is 1. The van der Waals surface area contributed by atoms with E-state index < -0.39 is 11.6 Å². The second kappa shape index (κ2) is 5.30. The Labute approximate surface area is 122 Å². The van der Waals surface area contributed by atoms with Gasteiger partial charge in [-0.2, -0.15) is 4.98 Å². The summed E-state index contributed by atoms with van der Waals surface area (Å²) >= 11 is 1.38. The van der Waals surface area contributed by atoms with Crippen molar-refractivity contribution in [3.63, 3.8) is 0 Å². The molecule has 0 radical (unpaired) electrons. The van der Waals surface area contributed by atoms with E-state index in [-0.39, 0.29) is 23.3 Å². The van der Waals surface area contributed by atoms with Crippen LogP contribution in [0, 0.1) is 11.6 Å². The molecule has 0 saturated carbocycles. The number of nitrogens with zero attached hydrogens (tertiary/aromatic N) is 3. The van der Waals surface area contributed by atoms with Crippen LogP contribution in [0.4, 0.5) is 8.78 Å². The predicted molar refractivity (Wildman–Crippen MR) is 73.4 cm³/mol. The van der Waals surface area contributed by atoms with Gasteiger partial charge in [0.05, 0.1) is 6.04 Å². The maximum Gasteiger partial charge on any atom is 0.277 e. The number of thiazole rings is 1. The van der Waals surface area contributed by atoms with Gasteiger partial charge in [-0.1, -0.05) is 5.16 Å². The average molecular weight is 308 g/mol. The first kappa shape index (κ1) is 13.8. The Kier molecular flexibility index (Phi) is 3.48. The molecule has 21 heavy (non-hydrogen) atoms. The molecular formula is C13H10F2N4OS. The van der Waals surface area contributed by atoms with E-state index in [1.54, 1.807) is 5.38 Å². The first-order chi connectivity index (χ1) is 10.0. The van der Waals surface area contributed by atoms with E-state index >= 15 is 0 Å². The molecule has 2 heterocycles. The molecule has 0 aliphatic rings. The molecule has 2 N–H and O–H groups in total. The Hall–Kier alpha value is -2.19. The lowest BCUT2D eigenvalue weighted by molar-refractivity contribution is 0.431. The van der Waals surface area contributed by atoms with Gasteiger partial charge < -0.3 is 10.3 Å². The normalized spacial score (nSPS) is 12.6. The van der Waals surface area contributed by atoms with Crippen LogP contribution in [0.5, 0.6) is 0 Å².